The Balaban J connectivity index is 1.93. The number of hydrogen-bond donors (Lipinski definition) is 0. The first-order valence-electron chi connectivity index (χ1n) is 16.4. The molecule has 226 valence electrons. The van der Waals surface area contributed by atoms with E-state index in [2.05, 4.69) is 104 Å². The van der Waals surface area contributed by atoms with Crippen molar-refractivity contribution >= 4 is 65.5 Å². The molecule has 0 radical (unpaired) electrons. The Bertz CT molecular complexity index is 1360. The Kier molecular flexibility index (Phi) is 12.0. The monoisotopic (exact) mass is 782 g/mol. The van der Waals surface area contributed by atoms with Gasteiger partial charge in [-0.15, -0.1) is 0 Å². The van der Waals surface area contributed by atoms with E-state index in [9.17, 15) is 0 Å². The van der Waals surface area contributed by atoms with E-state index in [0.717, 1.165) is 37.6 Å². The third-order valence-corrected chi connectivity index (χ3v) is 20.1. The van der Waals surface area contributed by atoms with Gasteiger partial charge in [-0.2, -0.15) is 0 Å². The van der Waals surface area contributed by atoms with Crippen molar-refractivity contribution in [3.05, 3.63) is 60.7 Å². The van der Waals surface area contributed by atoms with Crippen molar-refractivity contribution in [3.8, 4) is 22.6 Å². The standard InChI is InChI=1S/C32H36O2.6CH3.2Sn/c1-3-5-7-13-23-33-29-21-19-25-15-9-11-17-27(25)31(29)32-28-18-12-10-16-26(28)20-22-30(32)34-24-14-8-6-4-2;;;;;;;;/h11-12,15-22H,3-8,13-14,23-24H2,1-2H3;6*1H3;;. The Morgan fingerprint density at radius 2 is 0.881 bits per heavy atom. The SMILES string of the molecule is CCCCCCOc1ccc2c[c]([Sn]([CH3])([CH3])[CH3])ccc2c1-c1c(OCCCCCC)ccc2c[c]([Sn]([CH3])([CH3])[CH3])ccc12. The molecule has 42 heavy (non-hydrogen) atoms. The van der Waals surface area contributed by atoms with Gasteiger partial charge in [0.05, 0.1) is 0 Å². The van der Waals surface area contributed by atoms with Crippen LogP contribution in [0.2, 0.25) is 29.6 Å². The van der Waals surface area contributed by atoms with E-state index in [4.69, 9.17) is 9.47 Å². The van der Waals surface area contributed by atoms with Crippen LogP contribution in [0.1, 0.15) is 65.2 Å². The summed E-state index contributed by atoms with van der Waals surface area (Å²) in [7, 11) is 0. The molecule has 0 aromatic heterocycles. The summed E-state index contributed by atoms with van der Waals surface area (Å²) >= 11 is -4.48. The van der Waals surface area contributed by atoms with Crippen LogP contribution in [-0.2, 0) is 0 Å². The maximum atomic E-state index is 6.65. The fraction of sp³-hybridized carbons (Fsp3) is 0.474. The summed E-state index contributed by atoms with van der Waals surface area (Å²) in [4.78, 5) is 15.0. The van der Waals surface area contributed by atoms with Crippen molar-refractivity contribution in [2.24, 2.45) is 0 Å². The molecular weight excluding hydrogens is 726 g/mol. The molecule has 0 aliphatic carbocycles. The fourth-order valence-electron chi connectivity index (χ4n) is 5.73. The zero-order valence-corrected chi connectivity index (χ0v) is 33.4. The van der Waals surface area contributed by atoms with Crippen LogP contribution >= 0.6 is 0 Å². The molecule has 0 bridgehead atoms. The van der Waals surface area contributed by atoms with Crippen LogP contribution in [0.5, 0.6) is 11.5 Å². The van der Waals surface area contributed by atoms with Crippen LogP contribution in [-0.4, -0.2) is 50.0 Å². The summed E-state index contributed by atoms with van der Waals surface area (Å²) in [5, 5.41) is 5.15. The molecule has 0 fully saturated rings. The van der Waals surface area contributed by atoms with Crippen LogP contribution in [0.3, 0.4) is 0 Å². The van der Waals surface area contributed by atoms with E-state index in [1.165, 1.54) is 71.2 Å². The maximum absolute atomic E-state index is 6.65. The predicted octanol–water partition coefficient (Wildman–Crippen LogP) is 10.7. The third-order valence-electron chi connectivity index (χ3n) is 8.46. The number of ether oxygens (including phenoxy) is 2. The van der Waals surface area contributed by atoms with E-state index in [-0.39, 0.29) is 0 Å². The molecule has 4 aromatic carbocycles. The molecule has 0 unspecified atom stereocenters. The minimum atomic E-state index is -2.24. The fourth-order valence-corrected chi connectivity index (χ4v) is 12.4. The predicted molar refractivity (Wildman–Crippen MR) is 192 cm³/mol. The minimum absolute atomic E-state index is 0.746. The molecule has 0 atom stereocenters. The summed E-state index contributed by atoms with van der Waals surface area (Å²) in [6.45, 7) is 6.01. The molecule has 0 aliphatic heterocycles. The Hall–Kier alpha value is -1.40. The van der Waals surface area contributed by atoms with Gasteiger partial charge in [-0.25, -0.2) is 0 Å². The van der Waals surface area contributed by atoms with E-state index in [0.29, 0.717) is 0 Å². The zero-order valence-electron chi connectivity index (χ0n) is 27.7. The molecule has 4 rings (SSSR count). The van der Waals surface area contributed by atoms with Crippen LogP contribution in [0, 0.1) is 0 Å². The van der Waals surface area contributed by atoms with Crippen LogP contribution in [0.4, 0.5) is 0 Å². The number of rotatable bonds is 15. The van der Waals surface area contributed by atoms with Gasteiger partial charge in [-0.05, 0) is 0 Å². The second-order valence-electron chi connectivity index (χ2n) is 14.1. The van der Waals surface area contributed by atoms with Crippen LogP contribution in [0.15, 0.2) is 60.7 Å². The van der Waals surface area contributed by atoms with Crippen molar-refractivity contribution < 1.29 is 9.47 Å². The van der Waals surface area contributed by atoms with Gasteiger partial charge in [0, 0.05) is 0 Å². The molecule has 0 aliphatic rings. The molecule has 4 heteroatoms. The average molecular weight is 780 g/mol. The van der Waals surface area contributed by atoms with E-state index in [1.54, 1.807) is 7.16 Å². The summed E-state index contributed by atoms with van der Waals surface area (Å²) in [5.41, 5.74) is 2.39. The van der Waals surface area contributed by atoms with Crippen molar-refractivity contribution in [2.75, 3.05) is 13.2 Å². The number of hydrogen-bond acceptors (Lipinski definition) is 2. The van der Waals surface area contributed by atoms with Gasteiger partial charge in [0.25, 0.3) is 0 Å². The first kappa shape index (κ1) is 33.5. The first-order chi connectivity index (χ1) is 20.0. The van der Waals surface area contributed by atoms with Gasteiger partial charge in [0.1, 0.15) is 0 Å². The van der Waals surface area contributed by atoms with Crippen molar-refractivity contribution in [1.29, 1.82) is 0 Å². The number of benzene rings is 4. The van der Waals surface area contributed by atoms with Gasteiger partial charge >= 0.3 is 252 Å². The van der Waals surface area contributed by atoms with Gasteiger partial charge in [-0.1, -0.05) is 13.8 Å². The van der Waals surface area contributed by atoms with Gasteiger partial charge in [0.2, 0.25) is 0 Å². The summed E-state index contributed by atoms with van der Waals surface area (Å²) in [5.74, 6) is 1.96. The van der Waals surface area contributed by atoms with Crippen molar-refractivity contribution in [3.63, 3.8) is 0 Å². The summed E-state index contributed by atoms with van der Waals surface area (Å²) < 4.78 is 16.4. The van der Waals surface area contributed by atoms with Gasteiger partial charge < -0.3 is 0 Å². The first-order valence-corrected chi connectivity index (χ1v) is 36.4. The second kappa shape index (κ2) is 15.1. The Morgan fingerprint density at radius 1 is 0.476 bits per heavy atom. The number of fused-ring (bicyclic) bond motifs is 2. The molecule has 0 spiro atoms. The molecule has 0 saturated heterocycles. The van der Waals surface area contributed by atoms with E-state index < -0.39 is 36.8 Å². The Labute approximate surface area is 264 Å². The van der Waals surface area contributed by atoms with E-state index >= 15 is 0 Å². The second-order valence-corrected chi connectivity index (χ2v) is 43.1. The zero-order chi connectivity index (χ0) is 30.3. The summed E-state index contributed by atoms with van der Waals surface area (Å²) in [6.07, 6.45) is 9.58. The molecule has 0 amide bonds. The molecule has 0 saturated carbocycles. The van der Waals surface area contributed by atoms with Crippen LogP contribution in [0.25, 0.3) is 32.7 Å². The molecule has 2 nitrogen and oxygen atoms in total. The molecule has 0 N–H and O–H groups in total. The van der Waals surface area contributed by atoms with Gasteiger partial charge in [-0.3, -0.25) is 0 Å². The molecule has 4 aromatic rings. The summed E-state index contributed by atoms with van der Waals surface area (Å²) in [6, 6.07) is 23.5. The quantitative estimate of drug-likeness (QED) is 0.0884. The number of unbranched alkanes of at least 4 members (excludes halogenated alkanes) is 6. The third kappa shape index (κ3) is 8.40. The van der Waals surface area contributed by atoms with Gasteiger partial charge in [0.15, 0.2) is 0 Å². The normalized spacial score (nSPS) is 12.3. The topological polar surface area (TPSA) is 18.5 Å². The Morgan fingerprint density at radius 3 is 1.24 bits per heavy atom. The van der Waals surface area contributed by atoms with Crippen molar-refractivity contribution in [1.82, 2.24) is 0 Å². The van der Waals surface area contributed by atoms with E-state index in [1.807, 2.05) is 0 Å². The molecular formula is C38H54O2Sn2. The van der Waals surface area contributed by atoms with Crippen molar-refractivity contribution in [2.45, 2.75) is 94.9 Å². The molecule has 0 heterocycles. The van der Waals surface area contributed by atoms with Crippen LogP contribution < -0.4 is 16.6 Å². The average Bonchev–Trinajstić information content (AvgIpc) is 2.95.